The zero-order chi connectivity index (χ0) is 16.4. The summed E-state index contributed by atoms with van der Waals surface area (Å²) in [5.41, 5.74) is 2.14. The molecule has 2 unspecified atom stereocenters. The van der Waals surface area contributed by atoms with Crippen LogP contribution in [-0.4, -0.2) is 59.1 Å². The number of aliphatic hydroxyl groups is 1. The molecule has 0 aliphatic carbocycles. The predicted octanol–water partition coefficient (Wildman–Crippen LogP) is 1.45. The van der Waals surface area contributed by atoms with E-state index in [4.69, 9.17) is 4.74 Å². The molecule has 0 saturated carbocycles. The molecular weight excluding hydrogens is 284 g/mol. The van der Waals surface area contributed by atoms with Crippen molar-refractivity contribution in [3.8, 4) is 0 Å². The number of carbonyl (C=O) groups is 2. The fraction of sp³-hybridized carbons (Fsp3) is 0.625. The van der Waals surface area contributed by atoms with Gasteiger partial charge in [-0.15, -0.1) is 0 Å². The van der Waals surface area contributed by atoms with E-state index in [1.54, 1.807) is 13.8 Å². The number of esters is 1. The first-order valence-electron chi connectivity index (χ1n) is 7.60. The van der Waals surface area contributed by atoms with E-state index in [1.807, 2.05) is 11.8 Å². The van der Waals surface area contributed by atoms with E-state index in [0.717, 1.165) is 19.4 Å². The number of hydrogen-bond acceptors (Lipinski definition) is 5. The number of methoxy groups -OCH3 is 1. The normalized spacial score (nSPS) is 20.7. The summed E-state index contributed by atoms with van der Waals surface area (Å²) in [6.07, 6.45) is 1.29. The van der Waals surface area contributed by atoms with E-state index < -0.39 is 5.97 Å². The lowest BCUT2D eigenvalue weighted by Gasteiger charge is -2.33. The summed E-state index contributed by atoms with van der Waals surface area (Å²) in [4.78, 5) is 29.6. The third kappa shape index (κ3) is 3.08. The molecule has 2 heterocycles. The summed E-state index contributed by atoms with van der Waals surface area (Å²) < 4.78 is 4.77. The molecule has 1 aromatic rings. The number of aliphatic hydroxyl groups excluding tert-OH is 1. The summed E-state index contributed by atoms with van der Waals surface area (Å²) in [6, 6.07) is -0.336. The molecule has 2 atom stereocenters. The topological polar surface area (TPSA) is 82.6 Å². The van der Waals surface area contributed by atoms with Crippen molar-refractivity contribution < 1.29 is 19.4 Å². The Kier molecular flexibility index (Phi) is 5.03. The highest BCUT2D eigenvalue weighted by Crippen LogP contribution is 2.22. The Bertz CT molecular complexity index is 579. The van der Waals surface area contributed by atoms with Crippen LogP contribution in [0, 0.1) is 13.8 Å². The minimum Gasteiger partial charge on any atom is -0.465 e. The van der Waals surface area contributed by atoms with Crippen molar-refractivity contribution in [2.75, 3.05) is 20.2 Å². The number of aromatic nitrogens is 1. The van der Waals surface area contributed by atoms with Crippen LogP contribution in [-0.2, 0) is 4.74 Å². The third-order valence-electron chi connectivity index (χ3n) is 4.43. The molecule has 0 amide bonds. The van der Waals surface area contributed by atoms with Crippen LogP contribution in [0.3, 0.4) is 0 Å². The van der Waals surface area contributed by atoms with Gasteiger partial charge in [-0.3, -0.25) is 9.69 Å². The number of nitrogens with one attached hydrogen (secondary N) is 1. The monoisotopic (exact) mass is 308 g/mol. The molecule has 0 radical (unpaired) electrons. The van der Waals surface area contributed by atoms with Crippen molar-refractivity contribution >= 4 is 11.8 Å². The van der Waals surface area contributed by atoms with Gasteiger partial charge in [-0.25, -0.2) is 4.79 Å². The molecule has 1 fully saturated rings. The van der Waals surface area contributed by atoms with Gasteiger partial charge in [0.15, 0.2) is 5.78 Å². The number of H-pyrrole nitrogens is 1. The van der Waals surface area contributed by atoms with Gasteiger partial charge in [0.1, 0.15) is 0 Å². The van der Waals surface area contributed by atoms with Crippen LogP contribution in [0.15, 0.2) is 0 Å². The van der Waals surface area contributed by atoms with Crippen molar-refractivity contribution in [1.29, 1.82) is 0 Å². The molecule has 2 rings (SSSR count). The molecule has 22 heavy (non-hydrogen) atoms. The van der Waals surface area contributed by atoms with Gasteiger partial charge in [-0.05, 0) is 45.7 Å². The fourth-order valence-corrected chi connectivity index (χ4v) is 3.11. The van der Waals surface area contributed by atoms with Crippen molar-refractivity contribution in [3.63, 3.8) is 0 Å². The number of piperidine rings is 1. The lowest BCUT2D eigenvalue weighted by Crippen LogP contribution is -2.47. The highest BCUT2D eigenvalue weighted by Gasteiger charge is 2.30. The summed E-state index contributed by atoms with van der Waals surface area (Å²) in [6.45, 7) is 6.65. The maximum absolute atomic E-state index is 12.7. The number of ether oxygens (including phenoxy) is 1. The van der Waals surface area contributed by atoms with Crippen LogP contribution in [0.5, 0.6) is 0 Å². The number of nitrogens with zero attached hydrogens (tertiary/aromatic N) is 1. The Morgan fingerprint density at radius 2 is 2.09 bits per heavy atom. The largest absolute Gasteiger partial charge is 0.465 e. The molecule has 0 spiro atoms. The molecule has 6 heteroatoms. The fourth-order valence-electron chi connectivity index (χ4n) is 3.11. The van der Waals surface area contributed by atoms with E-state index in [1.165, 1.54) is 7.11 Å². The van der Waals surface area contributed by atoms with Crippen LogP contribution >= 0.6 is 0 Å². The van der Waals surface area contributed by atoms with Crippen LogP contribution < -0.4 is 0 Å². The molecule has 2 N–H and O–H groups in total. The van der Waals surface area contributed by atoms with Crippen molar-refractivity contribution in [3.05, 3.63) is 22.5 Å². The highest BCUT2D eigenvalue weighted by molar-refractivity contribution is 6.03. The minimum absolute atomic E-state index is 0.0650. The molecule has 1 aromatic heterocycles. The Balaban J connectivity index is 2.24. The number of hydrogen-bond donors (Lipinski definition) is 2. The van der Waals surface area contributed by atoms with Crippen molar-refractivity contribution in [2.45, 2.75) is 45.8 Å². The second-order valence-electron chi connectivity index (χ2n) is 5.95. The Morgan fingerprint density at radius 3 is 2.68 bits per heavy atom. The number of aromatic amines is 1. The highest BCUT2D eigenvalue weighted by atomic mass is 16.5. The first-order chi connectivity index (χ1) is 10.4. The number of likely N-dealkylation sites (tertiary alicyclic amines) is 1. The third-order valence-corrected chi connectivity index (χ3v) is 4.43. The van der Waals surface area contributed by atoms with E-state index in [2.05, 4.69) is 4.98 Å². The average molecular weight is 308 g/mol. The molecule has 1 aliphatic rings. The first-order valence-corrected chi connectivity index (χ1v) is 7.60. The lowest BCUT2D eigenvalue weighted by atomic mass is 10.0. The smallest absolute Gasteiger partial charge is 0.339 e. The van der Waals surface area contributed by atoms with Gasteiger partial charge >= 0.3 is 5.97 Å². The van der Waals surface area contributed by atoms with E-state index in [-0.39, 0.29) is 17.9 Å². The number of aryl methyl sites for hydroxylation is 1. The zero-order valence-corrected chi connectivity index (χ0v) is 13.6. The van der Waals surface area contributed by atoms with E-state index in [0.29, 0.717) is 29.1 Å². The quantitative estimate of drug-likeness (QED) is 0.650. The van der Waals surface area contributed by atoms with Gasteiger partial charge in [0, 0.05) is 12.2 Å². The lowest BCUT2D eigenvalue weighted by molar-refractivity contribution is 0.0452. The Labute approximate surface area is 130 Å². The molecule has 1 saturated heterocycles. The zero-order valence-electron chi connectivity index (χ0n) is 13.6. The van der Waals surface area contributed by atoms with Gasteiger partial charge in [0.25, 0.3) is 0 Å². The van der Waals surface area contributed by atoms with Crippen LogP contribution in [0.25, 0.3) is 0 Å². The van der Waals surface area contributed by atoms with Crippen LogP contribution in [0.2, 0.25) is 0 Å². The minimum atomic E-state index is -0.439. The molecule has 122 valence electrons. The number of rotatable bonds is 4. The molecule has 6 nitrogen and oxygen atoms in total. The number of ketones is 1. The van der Waals surface area contributed by atoms with Crippen molar-refractivity contribution in [2.24, 2.45) is 0 Å². The van der Waals surface area contributed by atoms with Gasteiger partial charge in [-0.2, -0.15) is 0 Å². The van der Waals surface area contributed by atoms with Crippen molar-refractivity contribution in [1.82, 2.24) is 9.88 Å². The summed E-state index contributed by atoms with van der Waals surface area (Å²) >= 11 is 0. The van der Waals surface area contributed by atoms with E-state index >= 15 is 0 Å². The first kappa shape index (κ1) is 16.7. The van der Waals surface area contributed by atoms with E-state index in [9.17, 15) is 14.7 Å². The molecule has 0 bridgehead atoms. The molecule has 1 aliphatic heterocycles. The number of Topliss-reactive ketones (excluding diaryl/α,β-unsaturated/α-hetero) is 1. The van der Waals surface area contributed by atoms with Gasteiger partial charge in [-0.1, -0.05) is 0 Å². The van der Waals surface area contributed by atoms with Gasteiger partial charge in [0.05, 0.1) is 30.5 Å². The Morgan fingerprint density at radius 1 is 1.41 bits per heavy atom. The Hall–Kier alpha value is -1.66. The molecular formula is C16H24N2O4. The number of β-amino-alcohol motifs (C(OH)–C–C–N with tert-alkyl or cyclic N) is 1. The number of carbonyl (C=O) groups excluding carboxylic acids is 2. The predicted molar refractivity (Wildman–Crippen MR) is 82.2 cm³/mol. The summed E-state index contributed by atoms with van der Waals surface area (Å²) in [5, 5.41) is 9.77. The standard InChI is InChI=1S/C16H24N2O4/c1-9-13(16(21)22-4)10(2)17-14(9)15(20)11(3)18-7-5-6-12(19)8-18/h11-12,17,19H,5-8H2,1-4H3. The van der Waals surface area contributed by atoms with Gasteiger partial charge < -0.3 is 14.8 Å². The summed E-state index contributed by atoms with van der Waals surface area (Å²) in [7, 11) is 1.33. The maximum atomic E-state index is 12.7. The maximum Gasteiger partial charge on any atom is 0.339 e. The second-order valence-corrected chi connectivity index (χ2v) is 5.95. The van der Waals surface area contributed by atoms with Crippen LogP contribution in [0.4, 0.5) is 0 Å². The SMILES string of the molecule is COC(=O)c1c(C)[nH]c(C(=O)C(C)N2CCCC(O)C2)c1C. The van der Waals surface area contributed by atoms with Crippen LogP contribution in [0.1, 0.15) is 51.9 Å². The van der Waals surface area contributed by atoms with Gasteiger partial charge in [0.2, 0.25) is 0 Å². The summed E-state index contributed by atoms with van der Waals surface area (Å²) in [5.74, 6) is -0.504. The molecule has 0 aromatic carbocycles. The second kappa shape index (κ2) is 6.62. The average Bonchev–Trinajstić information content (AvgIpc) is 2.80.